The van der Waals surface area contributed by atoms with Gasteiger partial charge in [0.15, 0.2) is 0 Å². The van der Waals surface area contributed by atoms with Gasteiger partial charge in [0.1, 0.15) is 23.0 Å². The molecule has 2 saturated heterocycles. The van der Waals surface area contributed by atoms with Crippen molar-refractivity contribution in [2.45, 2.75) is 59.3 Å². The van der Waals surface area contributed by atoms with Gasteiger partial charge in [0.2, 0.25) is 0 Å². The van der Waals surface area contributed by atoms with Crippen LogP contribution in [0.1, 0.15) is 88.0 Å². The fourth-order valence-electron chi connectivity index (χ4n) is 7.64. The SMILES string of the molecule is C.C[C@@H]1CN(Cc2ccccc2)CC1c1nnc(CN)c(=O)[nH]1.C[C@@H]1CN(Cc2ccccc2)C[C@H]1c1nnc(CN2C(=O)c3ccccc3C2=O)c(=O)[nH]1.NN.O. The van der Waals surface area contributed by atoms with Crippen molar-refractivity contribution >= 4 is 11.8 Å². The van der Waals surface area contributed by atoms with Crippen molar-refractivity contribution in [3.05, 3.63) is 151 Å². The van der Waals surface area contributed by atoms with Gasteiger partial charge in [-0.2, -0.15) is 0 Å². The summed E-state index contributed by atoms with van der Waals surface area (Å²) in [6, 6.07) is 27.3. The zero-order valence-electron chi connectivity index (χ0n) is 32.0. The minimum atomic E-state index is -0.420. The Bertz CT molecular complexity index is 2200. The van der Waals surface area contributed by atoms with Gasteiger partial charge < -0.3 is 21.2 Å². The van der Waals surface area contributed by atoms with E-state index in [0.29, 0.717) is 34.6 Å². The van der Waals surface area contributed by atoms with Crippen LogP contribution in [0.15, 0.2) is 94.5 Å². The van der Waals surface area contributed by atoms with Crippen molar-refractivity contribution < 1.29 is 15.1 Å². The average Bonchev–Trinajstić information content (AvgIpc) is 3.85. The van der Waals surface area contributed by atoms with E-state index in [0.717, 1.165) is 44.2 Å². The lowest BCUT2D eigenvalue weighted by atomic mass is 9.97. The van der Waals surface area contributed by atoms with Crippen LogP contribution in [0.4, 0.5) is 0 Å². The van der Waals surface area contributed by atoms with Crippen LogP contribution in [-0.2, 0) is 26.2 Å². The number of imide groups is 1. The molecule has 0 radical (unpaired) electrons. The number of aromatic nitrogens is 6. The van der Waals surface area contributed by atoms with Crippen LogP contribution in [-0.4, -0.2) is 88.5 Å². The van der Waals surface area contributed by atoms with Crippen molar-refractivity contribution in [3.8, 4) is 0 Å². The van der Waals surface area contributed by atoms with Crippen molar-refractivity contribution in [1.29, 1.82) is 0 Å². The Morgan fingerprint density at radius 1 is 0.586 bits per heavy atom. The lowest BCUT2D eigenvalue weighted by molar-refractivity contribution is 0.0639. The fourth-order valence-corrected chi connectivity index (χ4v) is 7.64. The third kappa shape index (κ3) is 10.2. The van der Waals surface area contributed by atoms with E-state index in [1.165, 1.54) is 11.1 Å². The predicted octanol–water partition coefficient (Wildman–Crippen LogP) is 1.69. The number of benzene rings is 3. The van der Waals surface area contributed by atoms with Gasteiger partial charge in [-0.15, -0.1) is 20.4 Å². The second-order valence-electron chi connectivity index (χ2n) is 14.4. The van der Waals surface area contributed by atoms with Gasteiger partial charge in [0.25, 0.3) is 22.9 Å². The summed E-state index contributed by atoms with van der Waals surface area (Å²) in [7, 11) is 0. The lowest BCUT2D eigenvalue weighted by Crippen LogP contribution is -2.33. The number of hydrazine groups is 1. The average molecular weight is 795 g/mol. The molecule has 3 aromatic carbocycles. The molecule has 2 fully saturated rings. The summed E-state index contributed by atoms with van der Waals surface area (Å²) in [5, 5.41) is 16.5. The second kappa shape index (κ2) is 20.6. The Morgan fingerprint density at radius 2 is 0.983 bits per heavy atom. The molecule has 0 aliphatic carbocycles. The predicted molar refractivity (Wildman–Crippen MR) is 220 cm³/mol. The van der Waals surface area contributed by atoms with Gasteiger partial charge in [-0.25, -0.2) is 0 Å². The van der Waals surface area contributed by atoms with Gasteiger partial charge in [0, 0.05) is 57.6 Å². The van der Waals surface area contributed by atoms with Crippen LogP contribution in [0.2, 0.25) is 0 Å². The van der Waals surface area contributed by atoms with Crippen molar-refractivity contribution in [1.82, 2.24) is 45.1 Å². The Labute approximate surface area is 337 Å². The minimum absolute atomic E-state index is 0. The maximum absolute atomic E-state index is 12.7. The molecule has 8 rings (SSSR count). The largest absolute Gasteiger partial charge is 0.412 e. The first-order chi connectivity index (χ1) is 27.2. The second-order valence-corrected chi connectivity index (χ2v) is 14.4. The fraction of sp³-hybridized carbons (Fsp3) is 0.366. The molecular weight excluding hydrogens is 741 g/mol. The molecular formula is C41H54N12O5. The standard InChI is InChI=1S/C24H23N5O3.C16H21N5O.CH4.H4N2.H2O/c1-15-11-28(12-16-7-3-2-4-8-16)13-19(15)21-25-22(30)20(26-27-21)14-29-23(31)17-9-5-6-10-18(17)24(29)32;1-11-8-21(9-12-5-3-2-4-6-12)10-13(11)15-18-16(22)14(7-17)19-20-15;;1-2;/h2-10,15,19H,11-14H2,1H3,(H,25,27,30);2-6,11,13H,7-10,17H2,1H3,(H,18,20,22);1H4;1-2H2;1H2/t15-,19-;11-,13?;;;/m11.../s1. The summed E-state index contributed by atoms with van der Waals surface area (Å²) in [5.74, 6) is 9.38. The Hall–Kier alpha value is -5.82. The molecule has 17 heteroatoms. The molecule has 3 aliphatic rings. The molecule has 0 saturated carbocycles. The number of carbonyl (C=O) groups excluding carboxylic acids is 2. The van der Waals surface area contributed by atoms with Crippen molar-refractivity contribution in [2.75, 3.05) is 26.2 Å². The number of fused-ring (bicyclic) bond motifs is 1. The first-order valence-corrected chi connectivity index (χ1v) is 18.6. The number of nitrogens with one attached hydrogen (secondary N) is 2. The highest BCUT2D eigenvalue weighted by molar-refractivity contribution is 6.21. The number of carbonyl (C=O) groups is 2. The number of nitrogens with zero attached hydrogens (tertiary/aromatic N) is 7. The van der Waals surface area contributed by atoms with Crippen LogP contribution in [0.3, 0.4) is 0 Å². The van der Waals surface area contributed by atoms with Crippen molar-refractivity contribution in [2.24, 2.45) is 29.3 Å². The van der Waals surface area contributed by atoms with Crippen LogP contribution < -0.4 is 28.5 Å². The van der Waals surface area contributed by atoms with Crippen LogP contribution in [0.5, 0.6) is 0 Å². The number of likely N-dealkylation sites (tertiary alicyclic amines) is 2. The molecule has 3 aliphatic heterocycles. The monoisotopic (exact) mass is 794 g/mol. The minimum Gasteiger partial charge on any atom is -0.412 e. The molecule has 308 valence electrons. The van der Waals surface area contributed by atoms with Crippen LogP contribution in [0, 0.1) is 11.8 Å². The molecule has 1 unspecified atom stereocenters. The quantitative estimate of drug-likeness (QED) is 0.0809. The van der Waals surface area contributed by atoms with E-state index >= 15 is 0 Å². The number of hydrogen-bond donors (Lipinski definition) is 5. The van der Waals surface area contributed by atoms with E-state index in [-0.39, 0.29) is 54.8 Å². The maximum atomic E-state index is 12.7. The lowest BCUT2D eigenvalue weighted by Gasteiger charge is -2.16. The first kappa shape index (κ1) is 44.9. The maximum Gasteiger partial charge on any atom is 0.274 e. The highest BCUT2D eigenvalue weighted by Gasteiger charge is 2.37. The summed E-state index contributed by atoms with van der Waals surface area (Å²) in [4.78, 5) is 61.2. The number of H-pyrrole nitrogens is 2. The van der Waals surface area contributed by atoms with Gasteiger partial charge >= 0.3 is 0 Å². The molecule has 5 aromatic rings. The molecule has 0 bridgehead atoms. The number of amides is 2. The topological polar surface area (TPSA) is 271 Å². The van der Waals surface area contributed by atoms with E-state index in [1.54, 1.807) is 24.3 Å². The highest BCUT2D eigenvalue weighted by atomic mass is 16.2. The number of aromatic amines is 2. The third-order valence-electron chi connectivity index (χ3n) is 10.5. The molecule has 0 spiro atoms. The first-order valence-electron chi connectivity index (χ1n) is 18.6. The summed E-state index contributed by atoms with van der Waals surface area (Å²) in [5.41, 5.74) is 8.39. The van der Waals surface area contributed by atoms with Gasteiger partial charge in [-0.3, -0.25) is 45.6 Å². The zero-order chi connectivity index (χ0) is 39.8. The molecule has 2 aromatic heterocycles. The summed E-state index contributed by atoms with van der Waals surface area (Å²) >= 11 is 0. The normalized spacial score (nSPS) is 19.9. The van der Waals surface area contributed by atoms with E-state index in [2.05, 4.69) is 102 Å². The molecule has 17 nitrogen and oxygen atoms in total. The Morgan fingerprint density at radius 3 is 1.38 bits per heavy atom. The van der Waals surface area contributed by atoms with E-state index in [9.17, 15) is 19.2 Å². The third-order valence-corrected chi connectivity index (χ3v) is 10.5. The van der Waals surface area contributed by atoms with Crippen molar-refractivity contribution in [3.63, 3.8) is 0 Å². The molecule has 4 atom stereocenters. The smallest absolute Gasteiger partial charge is 0.274 e. The van der Waals surface area contributed by atoms with Gasteiger partial charge in [0.05, 0.1) is 17.7 Å². The highest BCUT2D eigenvalue weighted by Crippen LogP contribution is 2.32. The Balaban J connectivity index is 0.000000252. The summed E-state index contributed by atoms with van der Waals surface area (Å²) < 4.78 is 0. The zero-order valence-corrected chi connectivity index (χ0v) is 32.0. The number of nitrogens with two attached hydrogens (primary N) is 3. The summed E-state index contributed by atoms with van der Waals surface area (Å²) in [6.07, 6.45) is 0. The van der Waals surface area contributed by atoms with E-state index < -0.39 is 17.4 Å². The number of rotatable bonds is 9. The molecule has 2 amide bonds. The van der Waals surface area contributed by atoms with Gasteiger partial charge in [-0.1, -0.05) is 94.1 Å². The Kier molecular flexibility index (Phi) is 15.9. The van der Waals surface area contributed by atoms with E-state index in [1.807, 2.05) is 24.3 Å². The molecule has 58 heavy (non-hydrogen) atoms. The number of hydrogen-bond acceptors (Lipinski definition) is 13. The van der Waals surface area contributed by atoms with E-state index in [4.69, 9.17) is 5.73 Å². The molecule has 5 heterocycles. The van der Waals surface area contributed by atoms with Crippen LogP contribution >= 0.6 is 0 Å². The van der Waals surface area contributed by atoms with Gasteiger partial charge in [-0.05, 0) is 35.1 Å². The van der Waals surface area contributed by atoms with Crippen LogP contribution in [0.25, 0.3) is 0 Å². The summed E-state index contributed by atoms with van der Waals surface area (Å²) in [6.45, 7) is 9.55. The molecule has 10 N–H and O–H groups in total.